The van der Waals surface area contributed by atoms with E-state index in [-0.39, 0.29) is 18.2 Å². The zero-order valence-corrected chi connectivity index (χ0v) is 13.2. The number of carbonyl (C=O) groups is 2. The SMILES string of the molecule is CCc1cnc(CNC(=O)CC(C)(C(=O)O)C(C)C)s1. The van der Waals surface area contributed by atoms with Crippen molar-refractivity contribution in [2.24, 2.45) is 11.3 Å². The molecule has 112 valence electrons. The van der Waals surface area contributed by atoms with Crippen LogP contribution in [0, 0.1) is 11.3 Å². The standard InChI is InChI=1S/C14H22N2O3S/c1-5-10-7-16-12(20-10)8-15-11(17)6-14(4,9(2)3)13(18)19/h7,9H,5-6,8H2,1-4H3,(H,15,17)(H,18,19). The second kappa shape index (κ2) is 6.83. The van der Waals surface area contributed by atoms with Gasteiger partial charge in [-0.15, -0.1) is 11.3 Å². The van der Waals surface area contributed by atoms with Crippen molar-refractivity contribution in [3.05, 3.63) is 16.1 Å². The molecule has 0 saturated carbocycles. The molecule has 1 rings (SSSR count). The highest BCUT2D eigenvalue weighted by atomic mass is 32.1. The van der Waals surface area contributed by atoms with Crippen molar-refractivity contribution in [2.45, 2.75) is 47.1 Å². The first-order valence-electron chi connectivity index (χ1n) is 6.73. The quantitative estimate of drug-likeness (QED) is 0.810. The molecule has 1 amide bonds. The molecule has 0 aliphatic carbocycles. The smallest absolute Gasteiger partial charge is 0.310 e. The van der Waals surface area contributed by atoms with Gasteiger partial charge in [-0.25, -0.2) is 4.98 Å². The Hall–Kier alpha value is -1.43. The van der Waals surface area contributed by atoms with Crippen LogP contribution in [0.5, 0.6) is 0 Å². The number of nitrogens with one attached hydrogen (secondary N) is 1. The van der Waals surface area contributed by atoms with Crippen molar-refractivity contribution in [1.29, 1.82) is 0 Å². The Balaban J connectivity index is 2.56. The van der Waals surface area contributed by atoms with Gasteiger partial charge in [0.2, 0.25) is 5.91 Å². The fourth-order valence-corrected chi connectivity index (χ4v) is 2.49. The Kier molecular flexibility index (Phi) is 5.68. The second-order valence-electron chi connectivity index (χ2n) is 5.40. The zero-order valence-electron chi connectivity index (χ0n) is 12.4. The molecular weight excluding hydrogens is 276 g/mol. The number of thiazole rings is 1. The van der Waals surface area contributed by atoms with Crippen LogP contribution in [0.1, 0.15) is 44.0 Å². The maximum atomic E-state index is 11.9. The van der Waals surface area contributed by atoms with Crippen molar-refractivity contribution in [3.63, 3.8) is 0 Å². The number of amides is 1. The highest BCUT2D eigenvalue weighted by Crippen LogP contribution is 2.31. The molecule has 0 bridgehead atoms. The van der Waals surface area contributed by atoms with Gasteiger partial charge in [0.25, 0.3) is 0 Å². The lowest BCUT2D eigenvalue weighted by molar-refractivity contribution is -0.153. The Morgan fingerprint density at radius 3 is 2.60 bits per heavy atom. The molecule has 1 aromatic heterocycles. The molecule has 0 aliphatic heterocycles. The molecule has 1 aromatic rings. The summed E-state index contributed by atoms with van der Waals surface area (Å²) in [5, 5.41) is 12.9. The van der Waals surface area contributed by atoms with Gasteiger partial charge >= 0.3 is 5.97 Å². The lowest BCUT2D eigenvalue weighted by atomic mass is 9.76. The number of carboxylic acids is 1. The molecule has 0 aliphatic rings. The summed E-state index contributed by atoms with van der Waals surface area (Å²) in [7, 11) is 0. The minimum atomic E-state index is -1.04. The van der Waals surface area contributed by atoms with Gasteiger partial charge < -0.3 is 10.4 Å². The Morgan fingerprint density at radius 2 is 2.15 bits per heavy atom. The summed E-state index contributed by atoms with van der Waals surface area (Å²) in [6.07, 6.45) is 2.71. The number of aryl methyl sites for hydroxylation is 1. The summed E-state index contributed by atoms with van der Waals surface area (Å²) in [5.41, 5.74) is -1.04. The minimum absolute atomic E-state index is 0.0218. The van der Waals surface area contributed by atoms with Crippen molar-refractivity contribution in [1.82, 2.24) is 10.3 Å². The molecule has 20 heavy (non-hydrogen) atoms. The van der Waals surface area contributed by atoms with Crippen molar-refractivity contribution < 1.29 is 14.7 Å². The van der Waals surface area contributed by atoms with Crippen LogP contribution in [0.4, 0.5) is 0 Å². The molecule has 6 heteroatoms. The molecule has 1 atom stereocenters. The monoisotopic (exact) mass is 298 g/mol. The molecule has 1 heterocycles. The Labute approximate surface area is 123 Å². The number of hydrogen-bond donors (Lipinski definition) is 2. The van der Waals surface area contributed by atoms with E-state index in [2.05, 4.69) is 17.2 Å². The van der Waals surface area contributed by atoms with E-state index in [9.17, 15) is 14.7 Å². The fourth-order valence-electron chi connectivity index (χ4n) is 1.69. The maximum absolute atomic E-state index is 11.9. The van der Waals surface area contributed by atoms with Gasteiger partial charge in [-0.05, 0) is 19.3 Å². The van der Waals surface area contributed by atoms with Crippen LogP contribution < -0.4 is 5.32 Å². The normalized spacial score (nSPS) is 14.1. The molecular formula is C14H22N2O3S. The number of carboxylic acid groups (broad SMARTS) is 1. The number of nitrogens with zero attached hydrogens (tertiary/aromatic N) is 1. The molecule has 1 unspecified atom stereocenters. The number of carbonyl (C=O) groups excluding carboxylic acids is 1. The molecule has 0 aromatic carbocycles. The molecule has 5 nitrogen and oxygen atoms in total. The predicted octanol–water partition coefficient (Wildman–Crippen LogP) is 2.46. The zero-order chi connectivity index (χ0) is 15.3. The number of aromatic nitrogens is 1. The van der Waals surface area contributed by atoms with E-state index in [1.807, 2.05) is 20.0 Å². The third-order valence-corrected chi connectivity index (χ3v) is 4.82. The highest BCUT2D eigenvalue weighted by Gasteiger charge is 2.38. The minimum Gasteiger partial charge on any atom is -0.481 e. The van der Waals surface area contributed by atoms with Gasteiger partial charge in [0.05, 0.1) is 12.0 Å². The van der Waals surface area contributed by atoms with Gasteiger partial charge in [-0.1, -0.05) is 20.8 Å². The number of aliphatic carboxylic acids is 1. The van der Waals surface area contributed by atoms with Crippen molar-refractivity contribution in [2.75, 3.05) is 0 Å². The van der Waals surface area contributed by atoms with Crippen LogP contribution in [0.15, 0.2) is 6.20 Å². The van der Waals surface area contributed by atoms with Gasteiger partial charge in [0.15, 0.2) is 0 Å². The van der Waals surface area contributed by atoms with Crippen molar-refractivity contribution in [3.8, 4) is 0 Å². The van der Waals surface area contributed by atoms with Crippen molar-refractivity contribution >= 4 is 23.2 Å². The van der Waals surface area contributed by atoms with Crippen LogP contribution in [-0.2, 0) is 22.6 Å². The summed E-state index contributed by atoms with van der Waals surface area (Å²) in [4.78, 5) is 28.6. The van der Waals surface area contributed by atoms with Crippen LogP contribution in [0.3, 0.4) is 0 Å². The van der Waals surface area contributed by atoms with Crippen LogP contribution >= 0.6 is 11.3 Å². The van der Waals surface area contributed by atoms with Crippen LogP contribution in [-0.4, -0.2) is 22.0 Å². The van der Waals surface area contributed by atoms with E-state index in [1.165, 1.54) is 4.88 Å². The topological polar surface area (TPSA) is 79.3 Å². The highest BCUT2D eigenvalue weighted by molar-refractivity contribution is 7.11. The first-order valence-corrected chi connectivity index (χ1v) is 7.55. The molecule has 0 fully saturated rings. The number of rotatable bonds is 7. The largest absolute Gasteiger partial charge is 0.481 e. The first kappa shape index (κ1) is 16.6. The first-order chi connectivity index (χ1) is 9.29. The lowest BCUT2D eigenvalue weighted by Crippen LogP contribution is -2.39. The van der Waals surface area contributed by atoms with E-state index < -0.39 is 11.4 Å². The number of hydrogen-bond acceptors (Lipinski definition) is 4. The van der Waals surface area contributed by atoms with Gasteiger partial charge in [0, 0.05) is 17.5 Å². The summed E-state index contributed by atoms with van der Waals surface area (Å²) in [6, 6.07) is 0. The van der Waals surface area contributed by atoms with Crippen LogP contribution in [0.2, 0.25) is 0 Å². The van der Waals surface area contributed by atoms with Crippen LogP contribution in [0.25, 0.3) is 0 Å². The summed E-state index contributed by atoms with van der Waals surface area (Å²) in [5.74, 6) is -1.31. The molecule has 0 saturated heterocycles. The predicted molar refractivity (Wildman–Crippen MR) is 78.5 cm³/mol. The average molecular weight is 298 g/mol. The third kappa shape index (κ3) is 4.03. The summed E-state index contributed by atoms with van der Waals surface area (Å²) in [6.45, 7) is 7.65. The summed E-state index contributed by atoms with van der Waals surface area (Å²) >= 11 is 1.56. The molecule has 0 radical (unpaired) electrons. The fraction of sp³-hybridized carbons (Fsp3) is 0.643. The molecule has 0 spiro atoms. The van der Waals surface area contributed by atoms with E-state index in [0.29, 0.717) is 6.54 Å². The molecule has 2 N–H and O–H groups in total. The Bertz CT molecular complexity index is 485. The lowest BCUT2D eigenvalue weighted by Gasteiger charge is -2.28. The van der Waals surface area contributed by atoms with E-state index in [4.69, 9.17) is 0 Å². The van der Waals surface area contributed by atoms with E-state index in [1.54, 1.807) is 18.3 Å². The second-order valence-corrected chi connectivity index (χ2v) is 6.60. The average Bonchev–Trinajstić information content (AvgIpc) is 2.83. The van der Waals surface area contributed by atoms with Gasteiger partial charge in [0.1, 0.15) is 5.01 Å². The van der Waals surface area contributed by atoms with E-state index in [0.717, 1.165) is 11.4 Å². The van der Waals surface area contributed by atoms with Gasteiger partial charge in [-0.2, -0.15) is 0 Å². The summed E-state index contributed by atoms with van der Waals surface area (Å²) < 4.78 is 0. The Morgan fingerprint density at radius 1 is 1.50 bits per heavy atom. The van der Waals surface area contributed by atoms with E-state index >= 15 is 0 Å². The van der Waals surface area contributed by atoms with Gasteiger partial charge in [-0.3, -0.25) is 9.59 Å². The maximum Gasteiger partial charge on any atom is 0.310 e. The third-order valence-electron chi connectivity index (χ3n) is 3.68.